The van der Waals surface area contributed by atoms with E-state index < -0.39 is 23.3 Å². The summed E-state index contributed by atoms with van der Waals surface area (Å²) in [6.07, 6.45) is -3.24. The lowest BCUT2D eigenvalue weighted by Crippen LogP contribution is -2.20. The van der Waals surface area contributed by atoms with Gasteiger partial charge in [0, 0.05) is 5.56 Å². The van der Waals surface area contributed by atoms with Crippen molar-refractivity contribution >= 4 is 34.7 Å². The van der Waals surface area contributed by atoms with Gasteiger partial charge in [-0.05, 0) is 65.7 Å². The Balaban J connectivity index is 1.45. The third kappa shape index (κ3) is 6.12. The zero-order chi connectivity index (χ0) is 29.1. The van der Waals surface area contributed by atoms with Crippen LogP contribution < -0.4 is 10.3 Å². The fraction of sp³-hybridized carbons (Fsp3) is 0.0667. The van der Waals surface area contributed by atoms with Gasteiger partial charge < -0.3 is 9.84 Å². The molecule has 0 saturated carbocycles. The van der Waals surface area contributed by atoms with Crippen molar-refractivity contribution in [1.29, 1.82) is 0 Å². The van der Waals surface area contributed by atoms with Crippen LogP contribution in [0.25, 0.3) is 22.3 Å². The first-order valence-electron chi connectivity index (χ1n) is 12.1. The van der Waals surface area contributed by atoms with Crippen LogP contribution in [0.15, 0.2) is 101 Å². The summed E-state index contributed by atoms with van der Waals surface area (Å²) >= 11 is 6.39. The summed E-state index contributed by atoms with van der Waals surface area (Å²) in [5.74, 6) is -0.724. The highest BCUT2D eigenvalue weighted by Crippen LogP contribution is 2.32. The van der Waals surface area contributed by atoms with Crippen LogP contribution in [0.1, 0.15) is 27.0 Å². The van der Waals surface area contributed by atoms with Crippen molar-refractivity contribution in [3.8, 4) is 17.1 Å². The molecule has 0 aliphatic heterocycles. The minimum absolute atomic E-state index is 0.0592. The molecule has 1 N–H and O–H groups in total. The van der Waals surface area contributed by atoms with E-state index >= 15 is 0 Å². The van der Waals surface area contributed by atoms with Crippen LogP contribution >= 0.6 is 11.6 Å². The second-order valence-electron chi connectivity index (χ2n) is 8.87. The van der Waals surface area contributed by atoms with Crippen molar-refractivity contribution in [2.24, 2.45) is 5.10 Å². The fourth-order valence-electron chi connectivity index (χ4n) is 4.00. The number of para-hydroxylation sites is 1. The predicted octanol–water partition coefficient (Wildman–Crippen LogP) is 6.90. The molecule has 41 heavy (non-hydrogen) atoms. The molecule has 7 nitrogen and oxygen atoms in total. The highest BCUT2D eigenvalue weighted by molar-refractivity contribution is 6.32. The summed E-state index contributed by atoms with van der Waals surface area (Å²) in [5, 5.41) is 13.8. The Morgan fingerprint density at radius 2 is 1.76 bits per heavy atom. The minimum Gasteiger partial charge on any atom is -0.487 e. The van der Waals surface area contributed by atoms with Crippen molar-refractivity contribution < 1.29 is 27.8 Å². The Labute approximate surface area is 235 Å². The van der Waals surface area contributed by atoms with E-state index in [0.29, 0.717) is 16.8 Å². The molecule has 1 aromatic heterocycles. The SMILES string of the molecule is O=C(O)c1ccc(COc2ccc(C=Nn3c(-c4cccc(C(F)(F)F)c4)nc4ccccc4c3=O)cc2Cl)cc1. The number of halogens is 4. The molecule has 0 atom stereocenters. The number of alkyl halides is 3. The standard InChI is InChI=1S/C30H19ClF3N3O4/c31-24-14-19(10-13-26(24)41-17-18-8-11-20(12-9-18)29(39)40)16-35-37-27(21-4-3-5-22(15-21)30(32,33)34)36-25-7-2-1-6-23(25)28(37)38/h1-16H,17H2,(H,39,40). The Bertz CT molecular complexity index is 1850. The molecule has 0 fully saturated rings. The molecule has 0 spiro atoms. The van der Waals surface area contributed by atoms with Crippen LogP contribution in [0, 0.1) is 0 Å². The van der Waals surface area contributed by atoms with E-state index in [1.54, 1.807) is 54.6 Å². The second-order valence-corrected chi connectivity index (χ2v) is 9.28. The fourth-order valence-corrected chi connectivity index (χ4v) is 4.24. The van der Waals surface area contributed by atoms with Crippen LogP contribution in [0.4, 0.5) is 13.2 Å². The number of carboxylic acid groups (broad SMARTS) is 1. The Morgan fingerprint density at radius 1 is 1.00 bits per heavy atom. The van der Waals surface area contributed by atoms with E-state index in [1.807, 2.05) is 0 Å². The summed E-state index contributed by atoms with van der Waals surface area (Å²) in [7, 11) is 0. The second kappa shape index (κ2) is 11.3. The van der Waals surface area contributed by atoms with E-state index in [4.69, 9.17) is 21.4 Å². The zero-order valence-electron chi connectivity index (χ0n) is 21.0. The van der Waals surface area contributed by atoms with Gasteiger partial charge >= 0.3 is 12.1 Å². The number of ether oxygens (including phenoxy) is 1. The van der Waals surface area contributed by atoms with Crippen molar-refractivity contribution in [3.05, 3.63) is 129 Å². The van der Waals surface area contributed by atoms with Gasteiger partial charge in [0.15, 0.2) is 5.82 Å². The van der Waals surface area contributed by atoms with Gasteiger partial charge in [-0.2, -0.15) is 22.9 Å². The largest absolute Gasteiger partial charge is 0.487 e. The van der Waals surface area contributed by atoms with Gasteiger partial charge in [-0.25, -0.2) is 9.78 Å². The van der Waals surface area contributed by atoms with E-state index in [1.165, 1.54) is 30.5 Å². The number of hydrogen-bond acceptors (Lipinski definition) is 5. The third-order valence-corrected chi connectivity index (χ3v) is 6.37. The first kappa shape index (κ1) is 27.6. The number of carboxylic acids is 1. The molecule has 4 aromatic carbocycles. The molecule has 5 aromatic rings. The van der Waals surface area contributed by atoms with Gasteiger partial charge in [0.25, 0.3) is 5.56 Å². The van der Waals surface area contributed by atoms with Crippen molar-refractivity contribution in [3.63, 3.8) is 0 Å². The Hall–Kier alpha value is -4.96. The smallest absolute Gasteiger partial charge is 0.416 e. The van der Waals surface area contributed by atoms with Gasteiger partial charge in [-0.1, -0.05) is 48.0 Å². The molecule has 0 bridgehead atoms. The number of nitrogens with zero attached hydrogens (tertiary/aromatic N) is 3. The van der Waals surface area contributed by atoms with Gasteiger partial charge in [-0.15, -0.1) is 0 Å². The molecule has 0 radical (unpaired) electrons. The maximum absolute atomic E-state index is 13.4. The predicted molar refractivity (Wildman–Crippen MR) is 149 cm³/mol. The molecule has 1 heterocycles. The van der Waals surface area contributed by atoms with Crippen molar-refractivity contribution in [1.82, 2.24) is 9.66 Å². The van der Waals surface area contributed by atoms with Crippen LogP contribution in [-0.2, 0) is 12.8 Å². The van der Waals surface area contributed by atoms with Gasteiger partial charge in [0.2, 0.25) is 0 Å². The van der Waals surface area contributed by atoms with Crippen LogP contribution in [0.5, 0.6) is 5.75 Å². The highest BCUT2D eigenvalue weighted by atomic mass is 35.5. The van der Waals surface area contributed by atoms with E-state index in [-0.39, 0.29) is 34.0 Å². The average Bonchev–Trinajstić information content (AvgIpc) is 2.96. The Kier molecular flexibility index (Phi) is 7.58. The topological polar surface area (TPSA) is 93.8 Å². The molecule has 206 valence electrons. The number of hydrogen-bond donors (Lipinski definition) is 1. The maximum atomic E-state index is 13.4. The lowest BCUT2D eigenvalue weighted by molar-refractivity contribution is -0.137. The van der Waals surface area contributed by atoms with Crippen molar-refractivity contribution in [2.45, 2.75) is 12.8 Å². The first-order chi connectivity index (χ1) is 19.6. The van der Waals surface area contributed by atoms with E-state index in [0.717, 1.165) is 22.4 Å². The van der Waals surface area contributed by atoms with Crippen LogP contribution in [0.3, 0.4) is 0 Å². The summed E-state index contributed by atoms with van der Waals surface area (Å²) in [6, 6.07) is 22.0. The van der Waals surface area contributed by atoms with Crippen LogP contribution in [-0.4, -0.2) is 27.0 Å². The lowest BCUT2D eigenvalue weighted by Gasteiger charge is -2.12. The lowest BCUT2D eigenvalue weighted by atomic mass is 10.1. The van der Waals surface area contributed by atoms with Crippen molar-refractivity contribution in [2.75, 3.05) is 0 Å². The van der Waals surface area contributed by atoms with Gasteiger partial charge in [0.1, 0.15) is 12.4 Å². The monoisotopic (exact) mass is 577 g/mol. The number of fused-ring (bicyclic) bond motifs is 1. The highest BCUT2D eigenvalue weighted by Gasteiger charge is 2.31. The van der Waals surface area contributed by atoms with Gasteiger partial charge in [0.05, 0.1) is 33.3 Å². The molecule has 5 rings (SSSR count). The summed E-state index contributed by atoms with van der Waals surface area (Å²) in [4.78, 5) is 28.8. The maximum Gasteiger partial charge on any atom is 0.416 e. The molecule has 0 aliphatic carbocycles. The molecule has 0 saturated heterocycles. The normalized spacial score (nSPS) is 11.7. The minimum atomic E-state index is -4.58. The molecule has 0 amide bonds. The summed E-state index contributed by atoms with van der Waals surface area (Å²) in [6.45, 7) is 0.144. The third-order valence-electron chi connectivity index (χ3n) is 6.08. The molecular formula is C30H19ClF3N3O4. The number of benzene rings is 4. The molecule has 11 heteroatoms. The first-order valence-corrected chi connectivity index (χ1v) is 12.5. The zero-order valence-corrected chi connectivity index (χ0v) is 21.7. The van der Waals surface area contributed by atoms with Gasteiger partial charge in [-0.3, -0.25) is 4.79 Å². The summed E-state index contributed by atoms with van der Waals surface area (Å²) in [5.41, 5.74) is 0.335. The quantitative estimate of drug-likeness (QED) is 0.212. The summed E-state index contributed by atoms with van der Waals surface area (Å²) < 4.78 is 46.9. The molecular weight excluding hydrogens is 559 g/mol. The molecule has 0 unspecified atom stereocenters. The number of rotatable bonds is 7. The van der Waals surface area contributed by atoms with E-state index in [2.05, 4.69) is 10.1 Å². The van der Waals surface area contributed by atoms with Crippen LogP contribution in [0.2, 0.25) is 5.02 Å². The number of aromatic carboxylic acids is 1. The number of aromatic nitrogens is 2. The Morgan fingerprint density at radius 3 is 2.46 bits per heavy atom. The number of carbonyl (C=O) groups is 1. The van der Waals surface area contributed by atoms with E-state index in [9.17, 15) is 22.8 Å². The average molecular weight is 578 g/mol. The molecule has 0 aliphatic rings.